The fourth-order valence-corrected chi connectivity index (χ4v) is 2.87. The molecule has 0 aliphatic rings. The van der Waals surface area contributed by atoms with Crippen LogP contribution in [0.5, 0.6) is 0 Å². The first kappa shape index (κ1) is 22.8. The van der Waals surface area contributed by atoms with Crippen LogP contribution >= 0.6 is 0 Å². The first-order valence-corrected chi connectivity index (χ1v) is 9.11. The van der Waals surface area contributed by atoms with E-state index in [1.807, 2.05) is 6.07 Å². The van der Waals surface area contributed by atoms with Gasteiger partial charge in [0.2, 0.25) is 0 Å². The maximum Gasteiger partial charge on any atom is 0.416 e. The Labute approximate surface area is 178 Å². The maximum absolute atomic E-state index is 13.1. The number of hydrogen-bond acceptors (Lipinski definition) is 5. The Morgan fingerprint density at radius 3 is 2.50 bits per heavy atom. The van der Waals surface area contributed by atoms with Crippen LogP contribution in [-0.4, -0.2) is 25.7 Å². The number of aromatic nitrogens is 4. The monoisotopic (exact) mass is 450 g/mol. The lowest BCUT2D eigenvalue weighted by Crippen LogP contribution is -2.29. The molecule has 7 nitrogen and oxygen atoms in total. The summed E-state index contributed by atoms with van der Waals surface area (Å²) in [5.41, 5.74) is -2.53. The molecule has 1 amide bonds. The van der Waals surface area contributed by atoms with Crippen LogP contribution in [0, 0.1) is 18.3 Å². The van der Waals surface area contributed by atoms with Crippen LogP contribution in [-0.2, 0) is 6.18 Å². The van der Waals surface area contributed by atoms with Gasteiger partial charge in [0.05, 0.1) is 17.2 Å². The van der Waals surface area contributed by atoms with Gasteiger partial charge in [-0.2, -0.15) is 23.1 Å². The second-order valence-corrected chi connectivity index (χ2v) is 6.78. The number of benzene rings is 1. The Balaban J connectivity index is 1.91. The Hall–Kier alpha value is -3.88. The average molecular weight is 450 g/mol. The van der Waals surface area contributed by atoms with E-state index in [0.29, 0.717) is 35.4 Å². The molecule has 12 heteroatoms. The summed E-state index contributed by atoms with van der Waals surface area (Å²) in [6.45, 7) is 3.09. The fraction of sp³-hybridized carbons (Fsp3) is 0.250. The van der Waals surface area contributed by atoms with Gasteiger partial charge in [-0.25, -0.2) is 18.7 Å². The SMILES string of the molecule is Cc1nc(C(C)NC(=O)c2cc(C(F)F)cc(C(F)(F)F)c2)n(-c2ccc(C#N)cn2)n1. The molecule has 0 saturated carbocycles. The summed E-state index contributed by atoms with van der Waals surface area (Å²) in [4.78, 5) is 20.9. The van der Waals surface area contributed by atoms with Gasteiger partial charge >= 0.3 is 6.18 Å². The van der Waals surface area contributed by atoms with Crippen molar-refractivity contribution < 1.29 is 26.7 Å². The van der Waals surface area contributed by atoms with Gasteiger partial charge in [0.1, 0.15) is 11.9 Å². The Bertz CT molecular complexity index is 1180. The molecular formula is C20H15F5N6O. The van der Waals surface area contributed by atoms with Crippen LogP contribution in [0.4, 0.5) is 22.0 Å². The molecule has 166 valence electrons. The molecule has 0 fully saturated rings. The number of hydrogen-bond donors (Lipinski definition) is 1. The summed E-state index contributed by atoms with van der Waals surface area (Å²) < 4.78 is 66.6. The van der Waals surface area contributed by atoms with E-state index >= 15 is 0 Å². The molecule has 1 unspecified atom stereocenters. The Morgan fingerprint density at radius 1 is 1.22 bits per heavy atom. The van der Waals surface area contributed by atoms with Crippen molar-refractivity contribution in [3.05, 3.63) is 70.4 Å². The lowest BCUT2D eigenvalue weighted by molar-refractivity contribution is -0.137. The number of nitriles is 1. The molecule has 32 heavy (non-hydrogen) atoms. The zero-order valence-corrected chi connectivity index (χ0v) is 16.7. The molecule has 2 aromatic heterocycles. The third-order valence-corrected chi connectivity index (χ3v) is 4.36. The molecule has 0 aliphatic carbocycles. The van der Waals surface area contributed by atoms with Gasteiger partial charge in [0, 0.05) is 17.3 Å². The minimum absolute atomic E-state index is 0.203. The highest BCUT2D eigenvalue weighted by Gasteiger charge is 2.33. The van der Waals surface area contributed by atoms with Crippen molar-refractivity contribution in [3.8, 4) is 11.9 Å². The second-order valence-electron chi connectivity index (χ2n) is 6.78. The summed E-state index contributed by atoms with van der Waals surface area (Å²) in [5.74, 6) is -0.175. The van der Waals surface area contributed by atoms with E-state index < -0.39 is 41.2 Å². The van der Waals surface area contributed by atoms with Crippen LogP contribution in [0.2, 0.25) is 0 Å². The van der Waals surface area contributed by atoms with E-state index in [4.69, 9.17) is 5.26 Å². The highest BCUT2D eigenvalue weighted by molar-refractivity contribution is 5.94. The minimum Gasteiger partial charge on any atom is -0.342 e. The van der Waals surface area contributed by atoms with Crippen LogP contribution < -0.4 is 5.32 Å². The lowest BCUT2D eigenvalue weighted by Gasteiger charge is -2.16. The summed E-state index contributed by atoms with van der Waals surface area (Å²) in [6.07, 6.45) is -6.77. The van der Waals surface area contributed by atoms with Gasteiger partial charge in [-0.15, -0.1) is 5.10 Å². The molecule has 0 radical (unpaired) electrons. The number of pyridine rings is 1. The molecule has 0 spiro atoms. The van der Waals surface area contributed by atoms with Gasteiger partial charge in [0.15, 0.2) is 11.6 Å². The highest BCUT2D eigenvalue weighted by Crippen LogP contribution is 2.33. The third-order valence-electron chi connectivity index (χ3n) is 4.36. The van der Waals surface area contributed by atoms with Gasteiger partial charge in [-0.05, 0) is 44.2 Å². The van der Waals surface area contributed by atoms with Crippen molar-refractivity contribution in [1.29, 1.82) is 5.26 Å². The highest BCUT2D eigenvalue weighted by atomic mass is 19.4. The van der Waals surface area contributed by atoms with E-state index in [0.717, 1.165) is 0 Å². The van der Waals surface area contributed by atoms with E-state index in [9.17, 15) is 26.7 Å². The predicted molar refractivity (Wildman–Crippen MR) is 101 cm³/mol. The number of carbonyl (C=O) groups excluding carboxylic acids is 1. The summed E-state index contributed by atoms with van der Waals surface area (Å²) in [6, 6.07) is 5.58. The lowest BCUT2D eigenvalue weighted by atomic mass is 10.0. The molecule has 1 aromatic carbocycles. The van der Waals surface area contributed by atoms with Crippen molar-refractivity contribution in [2.24, 2.45) is 0 Å². The molecule has 1 atom stereocenters. The molecule has 2 heterocycles. The van der Waals surface area contributed by atoms with Crippen molar-refractivity contribution >= 4 is 5.91 Å². The first-order chi connectivity index (χ1) is 15.0. The number of halogens is 5. The van der Waals surface area contributed by atoms with Gasteiger partial charge in [0.25, 0.3) is 12.3 Å². The normalized spacial score (nSPS) is 12.5. The minimum atomic E-state index is -4.90. The zero-order valence-electron chi connectivity index (χ0n) is 16.7. The molecule has 3 rings (SSSR count). The molecule has 0 aliphatic heterocycles. The quantitative estimate of drug-likeness (QED) is 0.585. The first-order valence-electron chi connectivity index (χ1n) is 9.11. The number of nitrogens with zero attached hydrogens (tertiary/aromatic N) is 5. The van der Waals surface area contributed by atoms with Crippen molar-refractivity contribution in [2.45, 2.75) is 32.5 Å². The number of amides is 1. The predicted octanol–water partition coefficient (Wildman–Crippen LogP) is 4.29. The largest absolute Gasteiger partial charge is 0.416 e. The zero-order chi connectivity index (χ0) is 23.6. The number of aryl methyl sites for hydroxylation is 1. The fourth-order valence-electron chi connectivity index (χ4n) is 2.87. The Morgan fingerprint density at radius 2 is 1.94 bits per heavy atom. The van der Waals surface area contributed by atoms with E-state index in [-0.39, 0.29) is 5.82 Å². The van der Waals surface area contributed by atoms with Crippen molar-refractivity contribution in [1.82, 2.24) is 25.1 Å². The number of alkyl halides is 5. The van der Waals surface area contributed by atoms with E-state index in [1.54, 1.807) is 6.92 Å². The molecule has 3 aromatic rings. The topological polar surface area (TPSA) is 96.5 Å². The summed E-state index contributed by atoms with van der Waals surface area (Å²) in [5, 5.41) is 15.5. The standard InChI is InChI=1S/C20H15F5N6O/c1-10(18-29-11(2)30-31(18)16-4-3-12(8-26)9-27-16)28-19(32)14-5-13(17(21)22)6-15(7-14)20(23,24)25/h3-7,9-10,17H,1-2H3,(H,28,32). The molecule has 0 bridgehead atoms. The van der Waals surface area contributed by atoms with Crippen LogP contribution in [0.15, 0.2) is 36.5 Å². The van der Waals surface area contributed by atoms with Crippen LogP contribution in [0.3, 0.4) is 0 Å². The van der Waals surface area contributed by atoms with Gasteiger partial charge in [-0.3, -0.25) is 4.79 Å². The number of nitrogens with one attached hydrogen (secondary N) is 1. The molecule has 0 saturated heterocycles. The van der Waals surface area contributed by atoms with E-state index in [1.165, 1.54) is 29.9 Å². The van der Waals surface area contributed by atoms with Crippen LogP contribution in [0.25, 0.3) is 5.82 Å². The van der Waals surface area contributed by atoms with Crippen LogP contribution in [0.1, 0.15) is 58.1 Å². The molecule has 1 N–H and O–H groups in total. The smallest absolute Gasteiger partial charge is 0.342 e. The number of carbonyl (C=O) groups is 1. The average Bonchev–Trinajstić information content (AvgIpc) is 3.14. The van der Waals surface area contributed by atoms with Gasteiger partial charge < -0.3 is 5.32 Å². The summed E-state index contributed by atoms with van der Waals surface area (Å²) >= 11 is 0. The third kappa shape index (κ3) is 4.88. The second kappa shape index (κ2) is 8.70. The Kier molecular flexibility index (Phi) is 6.20. The van der Waals surface area contributed by atoms with E-state index in [2.05, 4.69) is 20.4 Å². The van der Waals surface area contributed by atoms with Crippen molar-refractivity contribution in [3.63, 3.8) is 0 Å². The maximum atomic E-state index is 13.1. The number of rotatable bonds is 5. The van der Waals surface area contributed by atoms with Crippen molar-refractivity contribution in [2.75, 3.05) is 0 Å². The summed E-state index contributed by atoms with van der Waals surface area (Å²) in [7, 11) is 0. The molecular weight excluding hydrogens is 435 g/mol. The van der Waals surface area contributed by atoms with Gasteiger partial charge in [-0.1, -0.05) is 0 Å².